The lowest BCUT2D eigenvalue weighted by molar-refractivity contribution is 0.0566. The molecule has 1 amide bonds. The predicted molar refractivity (Wildman–Crippen MR) is 91.6 cm³/mol. The quantitative estimate of drug-likeness (QED) is 0.701. The molecule has 1 unspecified atom stereocenters. The molecule has 1 atom stereocenters. The van der Waals surface area contributed by atoms with Crippen LogP contribution in [0.5, 0.6) is 0 Å². The van der Waals surface area contributed by atoms with Gasteiger partial charge < -0.3 is 9.42 Å². The largest absolute Gasteiger partial charge is 0.337 e. The minimum absolute atomic E-state index is 0.00114. The van der Waals surface area contributed by atoms with E-state index in [0.29, 0.717) is 28.7 Å². The zero-order valence-electron chi connectivity index (χ0n) is 13.4. The highest BCUT2D eigenvalue weighted by molar-refractivity contribution is 7.12. The van der Waals surface area contributed by atoms with E-state index in [9.17, 15) is 9.18 Å². The van der Waals surface area contributed by atoms with Crippen molar-refractivity contribution in [2.75, 3.05) is 6.54 Å². The van der Waals surface area contributed by atoms with E-state index in [0.717, 1.165) is 19.3 Å². The van der Waals surface area contributed by atoms with Crippen molar-refractivity contribution in [3.63, 3.8) is 0 Å². The van der Waals surface area contributed by atoms with Crippen molar-refractivity contribution in [3.05, 3.63) is 58.4 Å². The van der Waals surface area contributed by atoms with Crippen molar-refractivity contribution in [1.29, 1.82) is 0 Å². The summed E-state index contributed by atoms with van der Waals surface area (Å²) in [5.74, 6) is 0.529. The number of nitrogens with zero attached hydrogens (tertiary/aromatic N) is 3. The van der Waals surface area contributed by atoms with Gasteiger partial charge in [0.15, 0.2) is 0 Å². The average molecular weight is 357 g/mol. The van der Waals surface area contributed by atoms with Gasteiger partial charge in [0.2, 0.25) is 11.7 Å². The van der Waals surface area contributed by atoms with Crippen LogP contribution in [0.2, 0.25) is 0 Å². The number of aromatic nitrogens is 2. The molecular formula is C18H16FN3O2S. The average Bonchev–Trinajstić information content (AvgIpc) is 3.34. The summed E-state index contributed by atoms with van der Waals surface area (Å²) in [5, 5.41) is 5.90. The molecule has 1 aliphatic heterocycles. The first-order valence-electron chi connectivity index (χ1n) is 8.16. The molecule has 0 aliphatic carbocycles. The van der Waals surface area contributed by atoms with Crippen molar-refractivity contribution in [1.82, 2.24) is 15.0 Å². The third-order valence-corrected chi connectivity index (χ3v) is 5.18. The second-order valence-electron chi connectivity index (χ2n) is 5.95. The molecule has 4 rings (SSSR count). The summed E-state index contributed by atoms with van der Waals surface area (Å²) in [6.07, 6.45) is 2.77. The number of likely N-dealkylation sites (tertiary alicyclic amines) is 1. The molecule has 0 spiro atoms. The van der Waals surface area contributed by atoms with Crippen LogP contribution in [0.15, 0.2) is 46.3 Å². The van der Waals surface area contributed by atoms with Gasteiger partial charge in [0.25, 0.3) is 5.91 Å². The smallest absolute Gasteiger partial charge is 0.264 e. The SMILES string of the molecule is O=C(c1cccs1)N1CCCCC1c1nc(-c2ccc(F)cc2)no1. The molecule has 2 aromatic heterocycles. The lowest BCUT2D eigenvalue weighted by Crippen LogP contribution is -2.38. The first-order valence-corrected chi connectivity index (χ1v) is 9.04. The summed E-state index contributed by atoms with van der Waals surface area (Å²) in [4.78, 5) is 19.8. The highest BCUT2D eigenvalue weighted by atomic mass is 32.1. The number of carbonyl (C=O) groups is 1. The number of halogens is 1. The number of hydrogen-bond acceptors (Lipinski definition) is 5. The molecule has 0 bridgehead atoms. The minimum atomic E-state index is -0.313. The van der Waals surface area contributed by atoms with Crippen LogP contribution >= 0.6 is 11.3 Å². The van der Waals surface area contributed by atoms with Crippen LogP contribution in [0.25, 0.3) is 11.4 Å². The van der Waals surface area contributed by atoms with Gasteiger partial charge >= 0.3 is 0 Å². The Bertz CT molecular complexity index is 861. The maximum atomic E-state index is 13.1. The molecule has 3 heterocycles. The molecule has 7 heteroatoms. The van der Waals surface area contributed by atoms with Gasteiger partial charge in [0.1, 0.15) is 11.9 Å². The van der Waals surface area contributed by atoms with Gasteiger partial charge in [-0.05, 0) is 55.0 Å². The van der Waals surface area contributed by atoms with Crippen LogP contribution in [0.3, 0.4) is 0 Å². The highest BCUT2D eigenvalue weighted by Gasteiger charge is 2.33. The van der Waals surface area contributed by atoms with Crippen LogP contribution in [-0.4, -0.2) is 27.5 Å². The van der Waals surface area contributed by atoms with Crippen molar-refractivity contribution < 1.29 is 13.7 Å². The molecule has 0 N–H and O–H groups in total. The normalized spacial score (nSPS) is 17.6. The predicted octanol–water partition coefficient (Wildman–Crippen LogP) is 4.30. The number of rotatable bonds is 3. The van der Waals surface area contributed by atoms with Gasteiger partial charge in [-0.25, -0.2) is 4.39 Å². The lowest BCUT2D eigenvalue weighted by atomic mass is 10.0. The number of thiophene rings is 1. The Labute approximate surface area is 148 Å². The second-order valence-corrected chi connectivity index (χ2v) is 6.90. The van der Waals surface area contributed by atoms with Crippen molar-refractivity contribution in [3.8, 4) is 11.4 Å². The van der Waals surface area contributed by atoms with Crippen LogP contribution in [0.4, 0.5) is 4.39 Å². The number of piperidine rings is 1. The van der Waals surface area contributed by atoms with Crippen LogP contribution in [0.1, 0.15) is 40.9 Å². The molecule has 1 fully saturated rings. The minimum Gasteiger partial charge on any atom is -0.337 e. The zero-order chi connectivity index (χ0) is 17.2. The monoisotopic (exact) mass is 357 g/mol. The van der Waals surface area contributed by atoms with E-state index < -0.39 is 0 Å². The molecule has 3 aromatic rings. The van der Waals surface area contributed by atoms with Gasteiger partial charge in [-0.2, -0.15) is 4.98 Å². The van der Waals surface area contributed by atoms with E-state index in [1.807, 2.05) is 22.4 Å². The number of amides is 1. The van der Waals surface area contributed by atoms with E-state index in [2.05, 4.69) is 10.1 Å². The lowest BCUT2D eigenvalue weighted by Gasteiger charge is -2.33. The second kappa shape index (κ2) is 6.76. The fourth-order valence-electron chi connectivity index (χ4n) is 3.06. The fourth-order valence-corrected chi connectivity index (χ4v) is 3.74. The Morgan fingerprint density at radius 3 is 2.84 bits per heavy atom. The van der Waals surface area contributed by atoms with Crippen LogP contribution in [0, 0.1) is 5.82 Å². The Balaban J connectivity index is 1.61. The molecule has 5 nitrogen and oxygen atoms in total. The third-order valence-electron chi connectivity index (χ3n) is 4.32. The van der Waals surface area contributed by atoms with Crippen molar-refractivity contribution in [2.24, 2.45) is 0 Å². The molecule has 1 aromatic carbocycles. The van der Waals surface area contributed by atoms with Crippen molar-refractivity contribution in [2.45, 2.75) is 25.3 Å². The number of benzene rings is 1. The third kappa shape index (κ3) is 3.19. The van der Waals surface area contributed by atoms with Gasteiger partial charge in [-0.15, -0.1) is 11.3 Å². The summed E-state index contributed by atoms with van der Waals surface area (Å²) in [7, 11) is 0. The van der Waals surface area contributed by atoms with Crippen LogP contribution < -0.4 is 0 Å². The van der Waals surface area contributed by atoms with Crippen molar-refractivity contribution >= 4 is 17.2 Å². The summed E-state index contributed by atoms with van der Waals surface area (Å²) < 4.78 is 18.5. The van der Waals surface area contributed by atoms with Gasteiger partial charge in [-0.1, -0.05) is 11.2 Å². The number of hydrogen-bond donors (Lipinski definition) is 0. The van der Waals surface area contributed by atoms with E-state index >= 15 is 0 Å². The molecule has 1 saturated heterocycles. The molecule has 1 aliphatic rings. The molecule has 25 heavy (non-hydrogen) atoms. The molecular weight excluding hydrogens is 341 g/mol. The first-order chi connectivity index (χ1) is 12.2. The van der Waals surface area contributed by atoms with E-state index in [1.165, 1.54) is 23.5 Å². The Morgan fingerprint density at radius 1 is 1.24 bits per heavy atom. The maximum absolute atomic E-state index is 13.1. The topological polar surface area (TPSA) is 59.2 Å². The van der Waals surface area contributed by atoms with Gasteiger partial charge in [0, 0.05) is 12.1 Å². The number of carbonyl (C=O) groups excluding carboxylic acids is 1. The standard InChI is InChI=1S/C18H16FN3O2S/c19-13-8-6-12(7-9-13)16-20-17(24-21-16)14-4-1-2-10-22(14)18(23)15-5-3-11-25-15/h3,5-9,11,14H,1-2,4,10H2. The van der Waals surface area contributed by atoms with E-state index in [4.69, 9.17) is 4.52 Å². The Morgan fingerprint density at radius 2 is 2.08 bits per heavy atom. The highest BCUT2D eigenvalue weighted by Crippen LogP contribution is 2.32. The van der Waals surface area contributed by atoms with E-state index in [-0.39, 0.29) is 17.8 Å². The first kappa shape index (κ1) is 16.0. The zero-order valence-corrected chi connectivity index (χ0v) is 14.2. The molecule has 0 saturated carbocycles. The molecule has 0 radical (unpaired) electrons. The van der Waals surface area contributed by atoms with Crippen LogP contribution in [-0.2, 0) is 0 Å². The Kier molecular flexibility index (Phi) is 4.31. The van der Waals surface area contributed by atoms with E-state index in [1.54, 1.807) is 12.1 Å². The maximum Gasteiger partial charge on any atom is 0.264 e. The van der Waals surface area contributed by atoms with Gasteiger partial charge in [0.05, 0.1) is 4.88 Å². The Hall–Kier alpha value is -2.54. The van der Waals surface area contributed by atoms with Gasteiger partial charge in [-0.3, -0.25) is 4.79 Å². The fraction of sp³-hybridized carbons (Fsp3) is 0.278. The summed E-state index contributed by atoms with van der Waals surface area (Å²) in [6.45, 7) is 0.676. The summed E-state index contributed by atoms with van der Waals surface area (Å²) >= 11 is 1.43. The molecule has 128 valence electrons. The summed E-state index contributed by atoms with van der Waals surface area (Å²) in [6, 6.07) is 9.42. The summed E-state index contributed by atoms with van der Waals surface area (Å²) in [5.41, 5.74) is 0.684.